The van der Waals surface area contributed by atoms with Gasteiger partial charge >= 0.3 is 26.7 Å². The van der Waals surface area contributed by atoms with Crippen LogP contribution in [0, 0.1) is 0 Å². The molecule has 1 unspecified atom stereocenters. The van der Waals surface area contributed by atoms with Crippen LogP contribution in [-0.4, -0.2) is 110 Å². The van der Waals surface area contributed by atoms with Crippen molar-refractivity contribution in [2.75, 3.05) is 13.1 Å². The highest BCUT2D eigenvalue weighted by Crippen LogP contribution is 2.27. The lowest BCUT2D eigenvalue weighted by Gasteiger charge is -2.40. The van der Waals surface area contributed by atoms with Gasteiger partial charge in [0.2, 0.25) is 0 Å². The highest BCUT2D eigenvalue weighted by Gasteiger charge is 2.59. The van der Waals surface area contributed by atoms with Crippen LogP contribution in [0.2, 0.25) is 38.3 Å². The Morgan fingerprint density at radius 3 is 1.77 bits per heavy atom. The van der Waals surface area contributed by atoms with Crippen LogP contribution in [0.3, 0.4) is 0 Å². The van der Waals surface area contributed by atoms with Gasteiger partial charge in [0.1, 0.15) is 51.7 Å². The van der Waals surface area contributed by atoms with Crippen molar-refractivity contribution >= 4 is 96.7 Å². The van der Waals surface area contributed by atoms with Gasteiger partial charge in [-0.15, -0.1) is 0 Å². The number of hydrogen-bond donors (Lipinski definition) is 2. The fraction of sp³-hybridized carbons (Fsp3) is 1.00. The molecular formula is C10H44N2O9Si10. The molecule has 0 aromatic heterocycles. The van der Waals surface area contributed by atoms with Crippen LogP contribution in [0.5, 0.6) is 0 Å². The van der Waals surface area contributed by atoms with E-state index in [-0.39, 0.29) is 0 Å². The summed E-state index contributed by atoms with van der Waals surface area (Å²) in [7, 11) is -12.1. The molecule has 188 valence electrons. The van der Waals surface area contributed by atoms with E-state index in [0.29, 0.717) is 55.0 Å². The van der Waals surface area contributed by atoms with Crippen LogP contribution in [0.25, 0.3) is 0 Å². The van der Waals surface area contributed by atoms with Crippen molar-refractivity contribution in [3.63, 3.8) is 0 Å². The van der Waals surface area contributed by atoms with Crippen LogP contribution < -0.4 is 11.5 Å². The zero-order chi connectivity index (χ0) is 24.0. The van der Waals surface area contributed by atoms with Gasteiger partial charge in [-0.3, -0.25) is 0 Å². The maximum atomic E-state index is 6.56. The van der Waals surface area contributed by atoms with E-state index < -0.39 is 54.7 Å². The largest absolute Gasteiger partial charge is 0.644 e. The molecule has 0 aromatic carbocycles. The fourth-order valence-corrected chi connectivity index (χ4v) is 32.8. The first-order valence-corrected chi connectivity index (χ1v) is 25.6. The van der Waals surface area contributed by atoms with Gasteiger partial charge < -0.3 is 48.5 Å². The molecule has 1 atom stereocenters. The molecular weight excluding hydrogens is 573 g/mol. The SMILES string of the molecule is C[Si](C)(CCCN)O[Si](C)(C)O[Si](O[SiH3])(O[SiH2]O[SiH2]CCCN)O[Si](O[SiH3])(O[SiH3])O[SiH3]. The summed E-state index contributed by atoms with van der Waals surface area (Å²) in [5.74, 6) is 0. The molecule has 0 amide bonds. The van der Waals surface area contributed by atoms with E-state index in [2.05, 4.69) is 13.1 Å². The minimum atomic E-state index is -3.62. The average Bonchev–Trinajstić information content (AvgIpc) is 2.72. The summed E-state index contributed by atoms with van der Waals surface area (Å²) >= 11 is 0. The van der Waals surface area contributed by atoms with Crippen LogP contribution >= 0.6 is 0 Å². The van der Waals surface area contributed by atoms with Crippen molar-refractivity contribution in [2.45, 2.75) is 51.1 Å². The first kappa shape index (κ1) is 32.7. The predicted molar refractivity (Wildman–Crippen MR) is 150 cm³/mol. The van der Waals surface area contributed by atoms with Gasteiger partial charge in [0, 0.05) is 0 Å². The van der Waals surface area contributed by atoms with E-state index >= 15 is 0 Å². The Hall–Kier alpha value is 1.73. The summed E-state index contributed by atoms with van der Waals surface area (Å²) in [5, 5.41) is 0. The second kappa shape index (κ2) is 16.4. The Bertz CT molecular complexity index is 474. The summed E-state index contributed by atoms with van der Waals surface area (Å²) in [5.41, 5.74) is 11.3. The molecule has 0 heterocycles. The Kier molecular flexibility index (Phi) is 17.3. The topological polar surface area (TPSA) is 135 Å². The second-order valence-corrected chi connectivity index (χ2v) is 29.8. The molecule has 0 bridgehead atoms. The van der Waals surface area contributed by atoms with Crippen molar-refractivity contribution in [3.05, 3.63) is 0 Å². The monoisotopic (exact) mass is 616 g/mol. The van der Waals surface area contributed by atoms with E-state index in [9.17, 15) is 0 Å². The summed E-state index contributed by atoms with van der Waals surface area (Å²) in [6, 6.07) is 1.98. The Balaban J connectivity index is 5.50. The lowest BCUT2D eigenvalue weighted by atomic mass is 10.5. The maximum Gasteiger partial charge on any atom is 0.644 e. The first-order chi connectivity index (χ1) is 14.5. The quantitative estimate of drug-likeness (QED) is 0.100. The lowest BCUT2D eigenvalue weighted by Crippen LogP contribution is -2.66. The number of hydrogen-bond acceptors (Lipinski definition) is 11. The third-order valence-corrected chi connectivity index (χ3v) is 27.4. The molecule has 4 N–H and O–H groups in total. The Morgan fingerprint density at radius 2 is 1.29 bits per heavy atom. The summed E-state index contributed by atoms with van der Waals surface area (Å²) < 4.78 is 54.2. The molecule has 0 aromatic rings. The third-order valence-electron chi connectivity index (χ3n) is 4.19. The van der Waals surface area contributed by atoms with Gasteiger partial charge in [-0.05, 0) is 64.2 Å². The van der Waals surface area contributed by atoms with Crippen molar-refractivity contribution in [1.82, 2.24) is 0 Å². The molecule has 0 fully saturated rings. The predicted octanol–water partition coefficient (Wildman–Crippen LogP) is -5.77. The zero-order valence-electron chi connectivity index (χ0n) is 20.5. The van der Waals surface area contributed by atoms with E-state index in [1.54, 1.807) is 0 Å². The van der Waals surface area contributed by atoms with Gasteiger partial charge in [0.25, 0.3) is 10.0 Å². The smallest absolute Gasteiger partial charge is 0.446 e. The van der Waals surface area contributed by atoms with E-state index in [1.807, 2.05) is 13.1 Å². The third kappa shape index (κ3) is 13.4. The van der Waals surface area contributed by atoms with E-state index in [4.69, 9.17) is 48.5 Å². The molecule has 21 heteroatoms. The van der Waals surface area contributed by atoms with Crippen LogP contribution in [0.15, 0.2) is 0 Å². The van der Waals surface area contributed by atoms with Crippen molar-refractivity contribution in [1.29, 1.82) is 0 Å². The normalized spacial score (nSPS) is 18.0. The van der Waals surface area contributed by atoms with E-state index in [1.165, 1.54) is 0 Å². The molecule has 0 saturated heterocycles. The molecule has 31 heavy (non-hydrogen) atoms. The molecule has 11 nitrogen and oxygen atoms in total. The Labute approximate surface area is 208 Å². The van der Waals surface area contributed by atoms with Gasteiger partial charge in [-0.2, -0.15) is 0 Å². The standard InChI is InChI=1S/C10H44N2O9Si10/c1-28(2,10-6-8-12)19-29(3,4)20-31(16-25,18-27-17-26-9-5-7-11)21-30(13-22,14-23)15-24/h5-12,26-27H2,1-4,22-25H3. The first-order valence-electron chi connectivity index (χ1n) is 10.4. The van der Waals surface area contributed by atoms with Crippen molar-refractivity contribution in [3.8, 4) is 0 Å². The zero-order valence-corrected chi connectivity index (χ0v) is 35.3. The fourth-order valence-electron chi connectivity index (χ4n) is 2.84. The summed E-state index contributed by atoms with van der Waals surface area (Å²) in [4.78, 5) is 0. The van der Waals surface area contributed by atoms with Gasteiger partial charge in [0.05, 0.1) is 0 Å². The Morgan fingerprint density at radius 1 is 0.742 bits per heavy atom. The highest BCUT2D eigenvalue weighted by atomic mass is 28.6. The number of rotatable bonds is 20. The maximum absolute atomic E-state index is 6.56. The molecule has 0 saturated carbocycles. The second-order valence-electron chi connectivity index (χ2n) is 7.84. The molecule has 0 aliphatic rings. The summed E-state index contributed by atoms with van der Waals surface area (Å²) in [6.07, 6.45) is 1.90. The van der Waals surface area contributed by atoms with Crippen molar-refractivity contribution < 1.29 is 37.0 Å². The molecule has 0 aliphatic heterocycles. The molecule has 0 spiro atoms. The summed E-state index contributed by atoms with van der Waals surface area (Å²) in [6.45, 7) is 9.66. The number of nitrogens with two attached hydrogens (primary N) is 2. The van der Waals surface area contributed by atoms with Gasteiger partial charge in [0.15, 0.2) is 8.32 Å². The van der Waals surface area contributed by atoms with E-state index in [0.717, 1.165) is 24.9 Å². The van der Waals surface area contributed by atoms with Crippen LogP contribution in [0.4, 0.5) is 0 Å². The minimum Gasteiger partial charge on any atom is -0.446 e. The minimum absolute atomic E-state index is 0.354. The van der Waals surface area contributed by atoms with Crippen molar-refractivity contribution in [2.24, 2.45) is 11.5 Å². The molecule has 0 rings (SSSR count). The molecule has 0 radical (unpaired) electrons. The van der Waals surface area contributed by atoms with Gasteiger partial charge in [-0.1, -0.05) is 0 Å². The van der Waals surface area contributed by atoms with Crippen LogP contribution in [-0.2, 0) is 37.0 Å². The average molecular weight is 617 g/mol. The van der Waals surface area contributed by atoms with Crippen LogP contribution in [0.1, 0.15) is 12.8 Å². The lowest BCUT2D eigenvalue weighted by molar-refractivity contribution is 0.0759. The molecule has 0 aliphatic carbocycles. The van der Waals surface area contributed by atoms with Gasteiger partial charge in [-0.25, -0.2) is 0 Å². The highest BCUT2D eigenvalue weighted by molar-refractivity contribution is 6.87.